The highest BCUT2D eigenvalue weighted by molar-refractivity contribution is 8.01. The van der Waals surface area contributed by atoms with Crippen LogP contribution in [-0.4, -0.2) is 107 Å². The predicted octanol–water partition coefficient (Wildman–Crippen LogP) is -2.01. The van der Waals surface area contributed by atoms with E-state index in [-0.39, 0.29) is 28.7 Å². The highest BCUT2D eigenvalue weighted by Gasteiger charge is 2.51. The molecular formula is C16H23N7O8S3. The summed E-state index contributed by atoms with van der Waals surface area (Å²) >= 11 is 3.15. The molecule has 0 aromatic carbocycles. The van der Waals surface area contributed by atoms with Crippen molar-refractivity contribution in [1.82, 2.24) is 30.8 Å². The van der Waals surface area contributed by atoms with E-state index in [1.54, 1.807) is 7.05 Å². The van der Waals surface area contributed by atoms with Crippen LogP contribution < -0.4 is 16.4 Å². The molecule has 0 bridgehead atoms. The van der Waals surface area contributed by atoms with Crippen LogP contribution in [0, 0.1) is 0 Å². The van der Waals surface area contributed by atoms with Gasteiger partial charge in [-0.05, 0) is 16.0 Å². The number of rotatable bonds is 13. The number of hydrogen-bond donors (Lipinski definition) is 6. The molecule has 1 aliphatic rings. The molecule has 0 saturated heterocycles. The molecule has 2 unspecified atom stereocenters. The number of carboxylic acid groups (broad SMARTS) is 3. The number of hydrogen-bond acceptors (Lipinski definition) is 13. The summed E-state index contributed by atoms with van der Waals surface area (Å²) < 4.78 is 6.61. The Kier molecular flexibility index (Phi) is 9.98. The highest BCUT2D eigenvalue weighted by atomic mass is 32.2. The molecule has 1 aromatic rings. The average Bonchev–Trinajstić information content (AvgIpc) is 3.20. The maximum atomic E-state index is 12.4. The Balaban J connectivity index is 2.15. The van der Waals surface area contributed by atoms with Gasteiger partial charge in [0.15, 0.2) is 0 Å². The third-order valence-electron chi connectivity index (χ3n) is 4.41. The van der Waals surface area contributed by atoms with Crippen molar-refractivity contribution in [3.63, 3.8) is 0 Å². The Morgan fingerprint density at radius 2 is 2.09 bits per heavy atom. The van der Waals surface area contributed by atoms with E-state index in [1.165, 1.54) is 16.4 Å². The van der Waals surface area contributed by atoms with Gasteiger partial charge in [0.1, 0.15) is 17.1 Å². The molecule has 0 aliphatic carbocycles. The first-order chi connectivity index (χ1) is 16.0. The molecule has 0 fully saturated rings. The van der Waals surface area contributed by atoms with Crippen LogP contribution in [0.15, 0.2) is 16.4 Å². The molecule has 7 N–H and O–H groups in total. The molecule has 2 heterocycles. The minimum Gasteiger partial charge on any atom is -0.480 e. The fourth-order valence-electron chi connectivity index (χ4n) is 2.64. The number of nitrogens with zero attached hydrogens (tertiary/aromatic N) is 4. The van der Waals surface area contributed by atoms with E-state index in [2.05, 4.69) is 26.2 Å². The van der Waals surface area contributed by atoms with Gasteiger partial charge >= 0.3 is 17.9 Å². The van der Waals surface area contributed by atoms with Crippen molar-refractivity contribution >= 4 is 59.1 Å². The third kappa shape index (κ3) is 6.75. The zero-order valence-electron chi connectivity index (χ0n) is 18.0. The fraction of sp³-hybridized carbons (Fsp3) is 0.562. The molecule has 3 atom stereocenters. The van der Waals surface area contributed by atoms with E-state index >= 15 is 0 Å². The zero-order valence-corrected chi connectivity index (χ0v) is 20.4. The molecule has 34 heavy (non-hydrogen) atoms. The number of ether oxygens (including phenoxy) is 1. The van der Waals surface area contributed by atoms with Gasteiger partial charge in [0.2, 0.25) is 11.1 Å². The normalized spacial score (nSPS) is 18.5. The Morgan fingerprint density at radius 1 is 1.38 bits per heavy atom. The second-order valence-electron chi connectivity index (χ2n) is 6.75. The van der Waals surface area contributed by atoms with Crippen molar-refractivity contribution in [1.29, 1.82) is 0 Å². The number of nitrogens with one attached hydrogen (secondary N) is 2. The van der Waals surface area contributed by atoms with E-state index in [9.17, 15) is 29.4 Å². The number of nitrogens with two attached hydrogens (primary N) is 1. The van der Waals surface area contributed by atoms with Crippen molar-refractivity contribution in [2.45, 2.75) is 22.3 Å². The molecule has 188 valence electrons. The van der Waals surface area contributed by atoms with E-state index in [0.29, 0.717) is 10.7 Å². The lowest BCUT2D eigenvalue weighted by Gasteiger charge is -2.39. The molecule has 18 heteroatoms. The number of aliphatic carboxylic acids is 3. The van der Waals surface area contributed by atoms with Crippen molar-refractivity contribution in [2.75, 3.05) is 30.1 Å². The maximum Gasteiger partial charge on any atom is 0.360 e. The summed E-state index contributed by atoms with van der Waals surface area (Å²) in [6.07, 6.45) is 0. The Labute approximate surface area is 205 Å². The summed E-state index contributed by atoms with van der Waals surface area (Å²) in [5.74, 6) is -4.84. The minimum absolute atomic E-state index is 0.0692. The Morgan fingerprint density at radius 3 is 2.62 bits per heavy atom. The first-order valence-corrected chi connectivity index (χ1v) is 12.5. The van der Waals surface area contributed by atoms with Gasteiger partial charge in [0.25, 0.3) is 5.72 Å². The van der Waals surface area contributed by atoms with Crippen LogP contribution >= 0.6 is 35.3 Å². The summed E-state index contributed by atoms with van der Waals surface area (Å²) in [5.41, 5.74) is 3.34. The molecular weight excluding hydrogens is 514 g/mol. The third-order valence-corrected chi connectivity index (χ3v) is 7.86. The quantitative estimate of drug-likeness (QED) is 0.118. The van der Waals surface area contributed by atoms with Crippen LogP contribution in [0.1, 0.15) is 0 Å². The maximum absolute atomic E-state index is 12.4. The monoisotopic (exact) mass is 537 g/mol. The summed E-state index contributed by atoms with van der Waals surface area (Å²) in [5, 5.41) is 43.6. The van der Waals surface area contributed by atoms with Crippen molar-refractivity contribution in [2.24, 2.45) is 12.8 Å². The van der Waals surface area contributed by atoms with Crippen LogP contribution in [0.25, 0.3) is 0 Å². The number of aromatic nitrogens is 4. The summed E-state index contributed by atoms with van der Waals surface area (Å²) in [7, 11) is 2.70. The summed E-state index contributed by atoms with van der Waals surface area (Å²) in [4.78, 5) is 47.2. The highest BCUT2D eigenvalue weighted by Crippen LogP contribution is 2.33. The number of thioether (sulfide) groups is 3. The van der Waals surface area contributed by atoms with E-state index in [1.807, 2.05) is 0 Å². The second-order valence-corrected chi connectivity index (χ2v) is 9.81. The van der Waals surface area contributed by atoms with Gasteiger partial charge in [-0.25, -0.2) is 14.3 Å². The minimum atomic E-state index is -2.30. The van der Waals surface area contributed by atoms with Gasteiger partial charge in [-0.3, -0.25) is 9.59 Å². The number of methoxy groups -OCH3 is 1. The number of amides is 1. The van der Waals surface area contributed by atoms with Crippen molar-refractivity contribution in [3.8, 4) is 0 Å². The first kappa shape index (κ1) is 27.7. The molecule has 15 nitrogen and oxygen atoms in total. The van der Waals surface area contributed by atoms with E-state index < -0.39 is 41.0 Å². The Hall–Kier alpha value is -2.54. The van der Waals surface area contributed by atoms with E-state index in [4.69, 9.17) is 15.6 Å². The molecule has 1 amide bonds. The average molecular weight is 538 g/mol. The van der Waals surface area contributed by atoms with Crippen LogP contribution in [0.3, 0.4) is 0 Å². The summed E-state index contributed by atoms with van der Waals surface area (Å²) in [6.45, 7) is 0. The van der Waals surface area contributed by atoms with Gasteiger partial charge < -0.3 is 36.4 Å². The zero-order chi connectivity index (χ0) is 25.5. The second kappa shape index (κ2) is 12.2. The molecule has 0 spiro atoms. The van der Waals surface area contributed by atoms with Crippen LogP contribution in [0.4, 0.5) is 0 Å². The van der Waals surface area contributed by atoms with Crippen molar-refractivity contribution in [3.05, 3.63) is 11.3 Å². The number of carboxylic acids is 3. The lowest BCUT2D eigenvalue weighted by Crippen LogP contribution is -2.67. The number of aryl methyl sites for hydroxylation is 1. The summed E-state index contributed by atoms with van der Waals surface area (Å²) in [6, 6.07) is -1.18. The SMILES string of the molecule is COC(NC(=O)CSC[C@@H](N)C(=O)O)(C(=O)O)C1NC(C(=O)O)=C(CSc2nnnn2C)CS1. The van der Waals surface area contributed by atoms with Gasteiger partial charge in [0.05, 0.1) is 5.75 Å². The molecule has 1 aliphatic heterocycles. The predicted molar refractivity (Wildman–Crippen MR) is 122 cm³/mol. The number of carbonyl (C=O) groups is 4. The van der Waals surface area contributed by atoms with Gasteiger partial charge in [-0.2, -0.15) is 0 Å². The van der Waals surface area contributed by atoms with Crippen LogP contribution in [-0.2, 0) is 31.0 Å². The van der Waals surface area contributed by atoms with Crippen molar-refractivity contribution < 1.29 is 39.2 Å². The smallest absolute Gasteiger partial charge is 0.360 e. The standard InChI is InChI=1S/C16H23N7O8S3/c1-23-15(20-21-22-23)34-4-7-3-33-13(18-10(7)12(27)28)16(31-2,14(29)30)19-9(24)6-32-5-8(17)11(25)26/h8,13,18H,3-6,17H2,1-2H3,(H,19,24)(H,25,26)(H,27,28)(H,29,30)/t8-,13?,16?/m1/s1. The lowest BCUT2D eigenvalue weighted by molar-refractivity contribution is -0.170. The van der Waals surface area contributed by atoms with Gasteiger partial charge in [0, 0.05) is 31.4 Å². The topological polar surface area (TPSA) is 232 Å². The largest absolute Gasteiger partial charge is 0.480 e. The number of carbonyl (C=O) groups excluding carboxylic acids is 1. The van der Waals surface area contributed by atoms with Crippen LogP contribution in [0.5, 0.6) is 0 Å². The molecule has 0 radical (unpaired) electrons. The number of tetrazole rings is 1. The molecule has 0 saturated carbocycles. The molecule has 1 aromatic heterocycles. The Bertz CT molecular complexity index is 974. The molecule has 2 rings (SSSR count). The van der Waals surface area contributed by atoms with Crippen LogP contribution in [0.2, 0.25) is 0 Å². The fourth-order valence-corrected chi connectivity index (χ4v) is 5.72. The van der Waals surface area contributed by atoms with E-state index in [0.717, 1.165) is 30.6 Å². The van der Waals surface area contributed by atoms with Gasteiger partial charge in [-0.1, -0.05) is 11.8 Å². The lowest BCUT2D eigenvalue weighted by atomic mass is 10.1. The first-order valence-electron chi connectivity index (χ1n) is 9.36. The van der Waals surface area contributed by atoms with Gasteiger partial charge in [-0.15, -0.1) is 28.6 Å².